The molecular weight excluding hydrogens is 376 g/mol. The van der Waals surface area contributed by atoms with Crippen LogP contribution in [0.4, 0.5) is 0 Å². The van der Waals surface area contributed by atoms with E-state index in [-0.39, 0.29) is 0 Å². The number of hydrogen-bond donors (Lipinski definition) is 0. The number of epoxide rings is 2. The average Bonchev–Trinajstić information content (AvgIpc) is 3.69. The van der Waals surface area contributed by atoms with Crippen molar-refractivity contribution in [3.05, 3.63) is 60.2 Å². The second-order valence-electron chi connectivity index (χ2n) is 8.37. The van der Waals surface area contributed by atoms with Gasteiger partial charge in [-0.05, 0) is 37.1 Å². The van der Waals surface area contributed by atoms with E-state index in [4.69, 9.17) is 19.4 Å². The SMILES string of the molecule is c1ccc2c(c1)nc(CCCCc1nc3ccccc3n1C[C@@H]1CO1)n2C[C@@H]1CO1. The summed E-state index contributed by atoms with van der Waals surface area (Å²) in [5.74, 6) is 2.35. The van der Waals surface area contributed by atoms with Crippen LogP contribution in [0.3, 0.4) is 0 Å². The highest BCUT2D eigenvalue weighted by Crippen LogP contribution is 2.24. The molecule has 6 rings (SSSR count). The first-order chi connectivity index (χ1) is 14.8. The van der Waals surface area contributed by atoms with E-state index in [1.54, 1.807) is 0 Å². The van der Waals surface area contributed by atoms with Crippen LogP contribution in [-0.4, -0.2) is 44.5 Å². The summed E-state index contributed by atoms with van der Waals surface area (Å²) in [6, 6.07) is 16.8. The molecule has 4 aromatic rings. The molecule has 4 heterocycles. The van der Waals surface area contributed by atoms with Gasteiger partial charge in [0.05, 0.1) is 60.6 Å². The number of para-hydroxylation sites is 4. The highest BCUT2D eigenvalue weighted by atomic mass is 16.6. The molecule has 2 saturated heterocycles. The Kier molecular flexibility index (Phi) is 4.54. The zero-order valence-electron chi connectivity index (χ0n) is 17.0. The molecule has 2 aromatic heterocycles. The minimum absolute atomic E-state index is 0.353. The number of imidazole rings is 2. The first-order valence-electron chi connectivity index (χ1n) is 11.0. The lowest BCUT2D eigenvalue weighted by molar-refractivity contribution is 0.381. The number of unbranched alkanes of at least 4 members (excludes halogenated alkanes) is 1. The number of fused-ring (bicyclic) bond motifs is 2. The Balaban J connectivity index is 1.16. The molecule has 2 atom stereocenters. The minimum atomic E-state index is 0.353. The Labute approximate surface area is 175 Å². The summed E-state index contributed by atoms with van der Waals surface area (Å²) in [4.78, 5) is 9.82. The molecule has 2 aromatic carbocycles. The van der Waals surface area contributed by atoms with E-state index in [9.17, 15) is 0 Å². The summed E-state index contributed by atoms with van der Waals surface area (Å²) in [6.07, 6.45) is 4.85. The Bertz CT molecular complexity index is 1090. The lowest BCUT2D eigenvalue weighted by atomic mass is 10.1. The summed E-state index contributed by atoms with van der Waals surface area (Å²) in [6.45, 7) is 3.56. The summed E-state index contributed by atoms with van der Waals surface area (Å²) in [5.41, 5.74) is 4.60. The van der Waals surface area contributed by atoms with E-state index >= 15 is 0 Å². The van der Waals surface area contributed by atoms with Gasteiger partial charge in [-0.25, -0.2) is 9.97 Å². The van der Waals surface area contributed by atoms with Crippen LogP contribution >= 0.6 is 0 Å². The molecule has 0 spiro atoms. The fourth-order valence-electron chi connectivity index (χ4n) is 4.36. The standard InChI is InChI=1S/C24H26N4O2/c1-3-9-21-19(7-1)25-23(27(21)13-17-15-29-17)11-5-6-12-24-26-20-8-2-4-10-22(20)28(24)14-18-16-30-18/h1-4,7-10,17-18H,5-6,11-16H2/t17-,18-/m1/s1. The van der Waals surface area contributed by atoms with Crippen molar-refractivity contribution in [2.75, 3.05) is 13.2 Å². The van der Waals surface area contributed by atoms with Crippen LogP contribution in [0.25, 0.3) is 22.1 Å². The number of ether oxygens (including phenoxy) is 2. The smallest absolute Gasteiger partial charge is 0.109 e. The largest absolute Gasteiger partial charge is 0.371 e. The Morgan fingerprint density at radius 3 is 1.57 bits per heavy atom. The van der Waals surface area contributed by atoms with E-state index in [0.717, 1.165) is 63.0 Å². The van der Waals surface area contributed by atoms with Gasteiger partial charge in [-0.2, -0.15) is 0 Å². The number of aromatic nitrogens is 4. The number of hydrogen-bond acceptors (Lipinski definition) is 4. The van der Waals surface area contributed by atoms with Crippen molar-refractivity contribution in [3.63, 3.8) is 0 Å². The van der Waals surface area contributed by atoms with E-state index < -0.39 is 0 Å². The van der Waals surface area contributed by atoms with E-state index in [2.05, 4.69) is 57.7 Å². The topological polar surface area (TPSA) is 60.7 Å². The monoisotopic (exact) mass is 402 g/mol. The summed E-state index contributed by atoms with van der Waals surface area (Å²) in [5, 5.41) is 0. The molecular formula is C24H26N4O2. The molecule has 2 aliphatic heterocycles. The van der Waals surface area contributed by atoms with Gasteiger partial charge in [0.1, 0.15) is 11.6 Å². The molecule has 6 nitrogen and oxygen atoms in total. The molecule has 0 saturated carbocycles. The molecule has 2 fully saturated rings. The van der Waals surface area contributed by atoms with E-state index in [1.807, 2.05) is 0 Å². The van der Waals surface area contributed by atoms with Gasteiger partial charge in [-0.3, -0.25) is 0 Å². The maximum Gasteiger partial charge on any atom is 0.109 e. The van der Waals surface area contributed by atoms with Crippen LogP contribution in [0.5, 0.6) is 0 Å². The Morgan fingerprint density at radius 2 is 1.13 bits per heavy atom. The second kappa shape index (κ2) is 7.52. The van der Waals surface area contributed by atoms with Crippen LogP contribution in [0.15, 0.2) is 48.5 Å². The first-order valence-corrected chi connectivity index (χ1v) is 11.0. The number of aryl methyl sites for hydroxylation is 2. The van der Waals surface area contributed by atoms with Gasteiger partial charge in [-0.15, -0.1) is 0 Å². The van der Waals surface area contributed by atoms with Gasteiger partial charge in [0, 0.05) is 12.8 Å². The van der Waals surface area contributed by atoms with Gasteiger partial charge in [0.15, 0.2) is 0 Å². The molecule has 0 radical (unpaired) electrons. The van der Waals surface area contributed by atoms with Gasteiger partial charge >= 0.3 is 0 Å². The molecule has 2 aliphatic rings. The predicted molar refractivity (Wildman–Crippen MR) is 116 cm³/mol. The highest BCUT2D eigenvalue weighted by molar-refractivity contribution is 5.76. The maximum atomic E-state index is 5.48. The first kappa shape index (κ1) is 18.1. The summed E-state index contributed by atoms with van der Waals surface area (Å²) >= 11 is 0. The van der Waals surface area contributed by atoms with Crippen LogP contribution in [-0.2, 0) is 35.4 Å². The molecule has 0 N–H and O–H groups in total. The molecule has 6 heteroatoms. The van der Waals surface area contributed by atoms with Gasteiger partial charge in [0.2, 0.25) is 0 Å². The Hall–Kier alpha value is -2.70. The molecule has 30 heavy (non-hydrogen) atoms. The van der Waals surface area contributed by atoms with Crippen LogP contribution in [0.2, 0.25) is 0 Å². The minimum Gasteiger partial charge on any atom is -0.371 e. The van der Waals surface area contributed by atoms with Crippen molar-refractivity contribution >= 4 is 22.1 Å². The van der Waals surface area contributed by atoms with Crippen LogP contribution < -0.4 is 0 Å². The zero-order valence-corrected chi connectivity index (χ0v) is 17.0. The maximum absolute atomic E-state index is 5.48. The third-order valence-electron chi connectivity index (χ3n) is 6.10. The fraction of sp³-hybridized carbons (Fsp3) is 0.417. The summed E-state index contributed by atoms with van der Waals surface area (Å²) < 4.78 is 15.7. The lowest BCUT2D eigenvalue weighted by Gasteiger charge is -2.09. The van der Waals surface area contributed by atoms with Crippen LogP contribution in [0.1, 0.15) is 24.5 Å². The number of benzene rings is 2. The molecule has 0 unspecified atom stereocenters. The van der Waals surface area contributed by atoms with Gasteiger partial charge < -0.3 is 18.6 Å². The van der Waals surface area contributed by atoms with Crippen molar-refractivity contribution in [1.82, 2.24) is 19.1 Å². The predicted octanol–water partition coefficient (Wildman–Crippen LogP) is 3.75. The molecule has 154 valence electrons. The third-order valence-corrected chi connectivity index (χ3v) is 6.10. The normalized spacial score (nSPS) is 20.3. The lowest BCUT2D eigenvalue weighted by Crippen LogP contribution is -2.10. The highest BCUT2D eigenvalue weighted by Gasteiger charge is 2.26. The van der Waals surface area contributed by atoms with Crippen molar-refractivity contribution in [2.45, 2.75) is 51.0 Å². The quantitative estimate of drug-likeness (QED) is 0.316. The van der Waals surface area contributed by atoms with Gasteiger partial charge in [-0.1, -0.05) is 24.3 Å². The Morgan fingerprint density at radius 1 is 0.700 bits per heavy atom. The molecule has 0 aliphatic carbocycles. The zero-order chi connectivity index (χ0) is 19.9. The fourth-order valence-corrected chi connectivity index (χ4v) is 4.36. The third kappa shape index (κ3) is 3.61. The molecule has 0 bridgehead atoms. The molecule has 0 amide bonds. The van der Waals surface area contributed by atoms with Gasteiger partial charge in [0.25, 0.3) is 0 Å². The van der Waals surface area contributed by atoms with Crippen molar-refractivity contribution < 1.29 is 9.47 Å². The van der Waals surface area contributed by atoms with E-state index in [0.29, 0.717) is 12.2 Å². The van der Waals surface area contributed by atoms with Crippen molar-refractivity contribution in [3.8, 4) is 0 Å². The van der Waals surface area contributed by atoms with E-state index in [1.165, 1.54) is 22.7 Å². The number of nitrogens with zero attached hydrogens (tertiary/aromatic N) is 4. The average molecular weight is 402 g/mol. The number of rotatable bonds is 9. The van der Waals surface area contributed by atoms with Crippen molar-refractivity contribution in [2.24, 2.45) is 0 Å². The van der Waals surface area contributed by atoms with Crippen molar-refractivity contribution in [1.29, 1.82) is 0 Å². The second-order valence-corrected chi connectivity index (χ2v) is 8.37. The summed E-state index contributed by atoms with van der Waals surface area (Å²) in [7, 11) is 0. The van der Waals surface area contributed by atoms with Crippen LogP contribution in [0, 0.1) is 0 Å².